The van der Waals surface area contributed by atoms with Crippen molar-refractivity contribution in [1.29, 1.82) is 0 Å². The van der Waals surface area contributed by atoms with Gasteiger partial charge in [-0.3, -0.25) is 24.4 Å². The first kappa shape index (κ1) is 56.8. The van der Waals surface area contributed by atoms with Crippen molar-refractivity contribution in [3.63, 3.8) is 0 Å². The molecule has 19 nitrogen and oxygen atoms in total. The van der Waals surface area contributed by atoms with E-state index in [2.05, 4.69) is 126 Å². The Labute approximate surface area is 472 Å². The molecule has 5 heterocycles. The number of rotatable bonds is 24. The number of pyridine rings is 2. The molecule has 0 bridgehead atoms. The summed E-state index contributed by atoms with van der Waals surface area (Å²) in [7, 11) is -0.894. The number of carbonyl (C=O) groups excluding carboxylic acids is 3. The van der Waals surface area contributed by atoms with E-state index in [1.165, 1.54) is 21.2 Å². The van der Waals surface area contributed by atoms with E-state index < -0.39 is 8.32 Å². The van der Waals surface area contributed by atoms with Crippen molar-refractivity contribution in [2.75, 3.05) is 61.1 Å². The van der Waals surface area contributed by atoms with Crippen LogP contribution in [0.5, 0.6) is 0 Å². The lowest BCUT2D eigenvalue weighted by molar-refractivity contribution is -0.121. The van der Waals surface area contributed by atoms with Crippen LogP contribution in [-0.2, 0) is 22.3 Å². The van der Waals surface area contributed by atoms with E-state index in [1.54, 1.807) is 48.6 Å². The van der Waals surface area contributed by atoms with Gasteiger partial charge in [0.1, 0.15) is 11.4 Å². The number of nitrogens with two attached hydrogens (primary N) is 1. The van der Waals surface area contributed by atoms with Crippen LogP contribution in [0, 0.1) is 13.8 Å². The molecule has 0 saturated carbocycles. The van der Waals surface area contributed by atoms with E-state index in [1.807, 2.05) is 74.5 Å². The van der Waals surface area contributed by atoms with Crippen molar-refractivity contribution in [3.05, 3.63) is 186 Å². The average molecular weight is 1110 g/mol. The maximum absolute atomic E-state index is 13.8. The second-order valence-corrected chi connectivity index (χ2v) is 24.9. The number of furan rings is 1. The Kier molecular flexibility index (Phi) is 18.1. The topological polar surface area (TPSA) is 245 Å². The standard InChI is InChI=1S/C61H68N14O5Si/c1-41-47(21-13-23-49(41)69-56(77)50-29-27-43(39-67-50)38-64-34-36-80-81(61(3,4)5,45-17-9-7-10-18-45)46-19-11-8-12-20-46)48-22-14-24-52(42(48)2)74(6)57(78)51-30-28-44(40-68-51)37-63-32-33-65-54(76)26-15-31-66-59-71-58(62)75-60(72-59)70-55(73-75)53-25-16-35-79-53/h7-14,16-25,27-30,35,39-40,63-64H,15,26,31-34,36-38H2,1-6H3,(H,65,76)(H,69,77)(H3,62,66,70,71,72,73). The number of carbonyl (C=O) groups is 3. The minimum atomic E-state index is -2.63. The van der Waals surface area contributed by atoms with Gasteiger partial charge in [-0.2, -0.15) is 19.5 Å². The molecule has 7 N–H and O–H groups in total. The molecule has 5 aromatic heterocycles. The summed E-state index contributed by atoms with van der Waals surface area (Å²) >= 11 is 0. The maximum atomic E-state index is 13.8. The number of nitrogens with one attached hydrogen (secondary N) is 5. The Morgan fingerprint density at radius 3 is 2.00 bits per heavy atom. The van der Waals surface area contributed by atoms with Gasteiger partial charge in [0.2, 0.25) is 23.6 Å². The zero-order chi connectivity index (χ0) is 56.9. The van der Waals surface area contributed by atoms with Crippen molar-refractivity contribution in [2.45, 2.75) is 65.6 Å². The third kappa shape index (κ3) is 13.4. The number of nitrogen functional groups attached to an aromatic ring is 1. The normalized spacial score (nSPS) is 11.6. The average Bonchev–Trinajstić information content (AvgIpc) is 4.24. The van der Waals surface area contributed by atoms with Crippen molar-refractivity contribution in [1.82, 2.24) is 50.5 Å². The fourth-order valence-corrected chi connectivity index (χ4v) is 14.4. The second kappa shape index (κ2) is 25.9. The predicted octanol–water partition coefficient (Wildman–Crippen LogP) is 7.73. The monoisotopic (exact) mass is 1100 g/mol. The first-order valence-electron chi connectivity index (χ1n) is 27.0. The number of hydrogen-bond donors (Lipinski definition) is 6. The molecule has 0 aliphatic heterocycles. The van der Waals surface area contributed by atoms with Crippen molar-refractivity contribution in [2.24, 2.45) is 0 Å². The molecular weight excluding hydrogens is 1040 g/mol. The van der Waals surface area contributed by atoms with Crippen molar-refractivity contribution < 1.29 is 23.2 Å². The highest BCUT2D eigenvalue weighted by molar-refractivity contribution is 6.99. The Morgan fingerprint density at radius 2 is 1.36 bits per heavy atom. The Balaban J connectivity index is 0.710. The van der Waals surface area contributed by atoms with Gasteiger partial charge in [0.15, 0.2) is 5.76 Å². The first-order valence-corrected chi connectivity index (χ1v) is 28.9. The van der Waals surface area contributed by atoms with Crippen LogP contribution in [0.4, 0.5) is 23.3 Å². The van der Waals surface area contributed by atoms with Crippen LogP contribution in [0.1, 0.15) is 76.8 Å². The molecule has 81 heavy (non-hydrogen) atoms. The summed E-state index contributed by atoms with van der Waals surface area (Å²) in [6.07, 6.45) is 5.80. The van der Waals surface area contributed by atoms with Crippen molar-refractivity contribution in [3.8, 4) is 22.7 Å². The number of benzene rings is 4. The molecule has 0 saturated heterocycles. The molecule has 3 amide bonds. The smallest absolute Gasteiger partial charge is 0.276 e. The molecule has 0 atom stereocenters. The van der Waals surface area contributed by atoms with Gasteiger partial charge in [-0.15, -0.1) is 5.10 Å². The molecular formula is C61H68N14O5Si. The number of hydrogen-bond acceptors (Lipinski definition) is 15. The molecule has 416 valence electrons. The van der Waals surface area contributed by atoms with Gasteiger partial charge >= 0.3 is 0 Å². The quantitative estimate of drug-likeness (QED) is 0.0250. The fourth-order valence-electron chi connectivity index (χ4n) is 9.85. The molecule has 0 unspecified atom stereocenters. The zero-order valence-corrected chi connectivity index (χ0v) is 47.5. The number of aromatic nitrogens is 7. The van der Waals surface area contributed by atoms with E-state index in [4.69, 9.17) is 14.6 Å². The third-order valence-electron chi connectivity index (χ3n) is 14.1. The van der Waals surface area contributed by atoms with Gasteiger partial charge in [0.05, 0.1) is 6.26 Å². The number of anilines is 4. The van der Waals surface area contributed by atoms with Crippen LogP contribution in [-0.4, -0.2) is 100 Å². The van der Waals surface area contributed by atoms with Crippen LogP contribution in [0.3, 0.4) is 0 Å². The van der Waals surface area contributed by atoms with Gasteiger partial charge in [-0.25, -0.2) is 0 Å². The summed E-state index contributed by atoms with van der Waals surface area (Å²) in [4.78, 5) is 63.6. The summed E-state index contributed by atoms with van der Waals surface area (Å²) < 4.78 is 13.7. The zero-order valence-electron chi connectivity index (χ0n) is 46.5. The molecule has 4 aromatic carbocycles. The van der Waals surface area contributed by atoms with Crippen LogP contribution >= 0.6 is 0 Å². The lowest BCUT2D eigenvalue weighted by Gasteiger charge is -2.43. The number of amides is 3. The Bertz CT molecular complexity index is 3540. The van der Waals surface area contributed by atoms with Crippen LogP contribution in [0.15, 0.2) is 157 Å². The lowest BCUT2D eigenvalue weighted by Crippen LogP contribution is -2.66. The summed E-state index contributed by atoms with van der Waals surface area (Å²) in [6, 6.07) is 43.6. The molecule has 9 aromatic rings. The predicted molar refractivity (Wildman–Crippen MR) is 319 cm³/mol. The van der Waals surface area contributed by atoms with Crippen LogP contribution < -0.4 is 47.6 Å². The molecule has 0 spiro atoms. The third-order valence-corrected chi connectivity index (χ3v) is 19.1. The lowest BCUT2D eigenvalue weighted by atomic mass is 9.94. The first-order chi connectivity index (χ1) is 39.2. The molecule has 20 heteroatoms. The van der Waals surface area contributed by atoms with Gasteiger partial charge in [-0.05, 0) is 105 Å². The van der Waals surface area contributed by atoms with Gasteiger partial charge in [0, 0.05) is 83.1 Å². The molecule has 0 fully saturated rings. The van der Waals surface area contributed by atoms with E-state index in [0.717, 1.165) is 39.1 Å². The van der Waals surface area contributed by atoms with Crippen LogP contribution in [0.2, 0.25) is 5.04 Å². The van der Waals surface area contributed by atoms with Crippen molar-refractivity contribution >= 4 is 65.5 Å². The second-order valence-electron chi connectivity index (χ2n) is 20.6. The van der Waals surface area contributed by atoms with Gasteiger partial charge in [-0.1, -0.05) is 118 Å². The maximum Gasteiger partial charge on any atom is 0.276 e. The highest BCUT2D eigenvalue weighted by Crippen LogP contribution is 2.37. The highest BCUT2D eigenvalue weighted by Gasteiger charge is 2.50. The highest BCUT2D eigenvalue weighted by atomic mass is 28.4. The number of fused-ring (bicyclic) bond motifs is 1. The van der Waals surface area contributed by atoms with Gasteiger partial charge < -0.3 is 46.1 Å². The number of nitrogens with zero attached hydrogens (tertiary/aromatic N) is 8. The Morgan fingerprint density at radius 1 is 0.704 bits per heavy atom. The van der Waals surface area contributed by atoms with Crippen LogP contribution in [0.25, 0.3) is 28.5 Å². The molecule has 0 aliphatic rings. The largest absolute Gasteiger partial charge is 0.461 e. The summed E-state index contributed by atoms with van der Waals surface area (Å²) in [6.45, 7) is 14.5. The minimum Gasteiger partial charge on any atom is -0.461 e. The summed E-state index contributed by atoms with van der Waals surface area (Å²) in [5.41, 5.74) is 13.5. The fraction of sp³-hybridized carbons (Fsp3) is 0.262. The molecule has 0 radical (unpaired) electrons. The summed E-state index contributed by atoms with van der Waals surface area (Å²) in [5.74, 6) is 0.859. The van der Waals surface area contributed by atoms with E-state index in [9.17, 15) is 14.4 Å². The van der Waals surface area contributed by atoms with Gasteiger partial charge in [0.25, 0.3) is 25.9 Å². The SMILES string of the molecule is Cc1c(NC(=O)c2ccc(CNCCO[Si](c3ccccc3)(c3ccccc3)C(C)(C)C)cn2)cccc1-c1cccc(N(C)C(=O)c2ccc(CNCCNC(=O)CCCNc3nc(N)n4nc(-c5ccco5)nc4n3)cn2)c1C. The minimum absolute atomic E-state index is 0.0804. The molecule has 9 rings (SSSR count). The summed E-state index contributed by atoms with van der Waals surface area (Å²) in [5, 5.41) is 22.6. The van der Waals surface area contributed by atoms with E-state index in [-0.39, 0.29) is 40.4 Å². The van der Waals surface area contributed by atoms with E-state index in [0.29, 0.717) is 87.4 Å². The molecule has 0 aliphatic carbocycles. The Hall–Kier alpha value is -8.95. The van der Waals surface area contributed by atoms with E-state index >= 15 is 0 Å².